The largest absolute Gasteiger partial charge is 0.394 e. The van der Waals surface area contributed by atoms with E-state index >= 15 is 0 Å². The summed E-state index contributed by atoms with van der Waals surface area (Å²) in [6.07, 6.45) is 3.39. The maximum absolute atomic E-state index is 9.27. The summed E-state index contributed by atoms with van der Waals surface area (Å²) in [5.41, 5.74) is 0.266. The Balaban J connectivity index is 3.71. The number of nitrogens with one attached hydrogen (secondary N) is 1. The molecule has 0 spiro atoms. The normalized spacial score (nSPS) is 16.2. The predicted molar refractivity (Wildman–Crippen MR) is 75.4 cm³/mol. The van der Waals surface area contributed by atoms with Crippen LogP contribution in [0.2, 0.25) is 0 Å². The van der Waals surface area contributed by atoms with E-state index in [2.05, 4.69) is 45.0 Å². The molecule has 0 aromatic rings. The van der Waals surface area contributed by atoms with Crippen molar-refractivity contribution in [1.29, 1.82) is 0 Å². The van der Waals surface area contributed by atoms with Gasteiger partial charge in [-0.25, -0.2) is 0 Å². The lowest BCUT2D eigenvalue weighted by molar-refractivity contribution is 0.167. The standard InChI is InChI=1S/C14H32N2O/c1-13(2,3)11-16(6)10-8-7-9-14(4,12-17)15-5/h15,17H,7-12H2,1-6H3. The van der Waals surface area contributed by atoms with Gasteiger partial charge in [0.15, 0.2) is 0 Å². The molecule has 1 atom stereocenters. The maximum atomic E-state index is 9.27. The predicted octanol–water partition coefficient (Wildman–Crippen LogP) is 2.10. The van der Waals surface area contributed by atoms with E-state index in [0.717, 1.165) is 25.9 Å². The molecule has 0 heterocycles. The van der Waals surface area contributed by atoms with Crippen LogP contribution < -0.4 is 5.32 Å². The second kappa shape index (κ2) is 7.34. The molecule has 0 aromatic carbocycles. The summed E-state index contributed by atoms with van der Waals surface area (Å²) in [6, 6.07) is 0. The smallest absolute Gasteiger partial charge is 0.0610 e. The van der Waals surface area contributed by atoms with Gasteiger partial charge in [-0.05, 0) is 45.8 Å². The van der Waals surface area contributed by atoms with Crippen molar-refractivity contribution in [3.05, 3.63) is 0 Å². The van der Waals surface area contributed by atoms with Gasteiger partial charge in [-0.2, -0.15) is 0 Å². The molecular formula is C14H32N2O. The van der Waals surface area contributed by atoms with Crippen molar-refractivity contribution in [2.75, 3.05) is 33.8 Å². The Bertz CT molecular complexity index is 195. The fourth-order valence-corrected chi connectivity index (χ4v) is 2.07. The highest BCUT2D eigenvalue weighted by Crippen LogP contribution is 2.16. The minimum atomic E-state index is -0.109. The van der Waals surface area contributed by atoms with Gasteiger partial charge in [-0.15, -0.1) is 0 Å². The molecule has 0 fully saturated rings. The number of aliphatic hydroxyl groups is 1. The van der Waals surface area contributed by atoms with Crippen LogP contribution in [-0.2, 0) is 0 Å². The summed E-state index contributed by atoms with van der Waals surface area (Å²) in [5.74, 6) is 0. The Morgan fingerprint density at radius 3 is 2.12 bits per heavy atom. The second-order valence-corrected chi connectivity index (χ2v) is 6.72. The number of hydrogen-bond acceptors (Lipinski definition) is 3. The van der Waals surface area contributed by atoms with Crippen LogP contribution in [0.15, 0.2) is 0 Å². The van der Waals surface area contributed by atoms with Gasteiger partial charge in [0.1, 0.15) is 0 Å². The number of aliphatic hydroxyl groups excluding tert-OH is 1. The number of rotatable bonds is 8. The molecule has 0 rings (SSSR count). The maximum Gasteiger partial charge on any atom is 0.0610 e. The molecular weight excluding hydrogens is 212 g/mol. The van der Waals surface area contributed by atoms with Crippen LogP contribution in [0.25, 0.3) is 0 Å². The summed E-state index contributed by atoms with van der Waals surface area (Å²) in [5, 5.41) is 12.5. The van der Waals surface area contributed by atoms with Crippen molar-refractivity contribution in [3.63, 3.8) is 0 Å². The molecule has 104 valence electrons. The van der Waals surface area contributed by atoms with E-state index in [4.69, 9.17) is 0 Å². The Morgan fingerprint density at radius 2 is 1.71 bits per heavy atom. The van der Waals surface area contributed by atoms with Gasteiger partial charge in [0, 0.05) is 12.1 Å². The monoisotopic (exact) mass is 244 g/mol. The molecule has 0 aromatic heterocycles. The van der Waals surface area contributed by atoms with E-state index in [-0.39, 0.29) is 12.1 Å². The Hall–Kier alpha value is -0.120. The van der Waals surface area contributed by atoms with Gasteiger partial charge in [0.25, 0.3) is 0 Å². The molecule has 0 saturated heterocycles. The van der Waals surface area contributed by atoms with Crippen LogP contribution in [0.1, 0.15) is 47.0 Å². The van der Waals surface area contributed by atoms with Gasteiger partial charge in [0.2, 0.25) is 0 Å². The zero-order valence-corrected chi connectivity index (χ0v) is 12.6. The first-order valence-electron chi connectivity index (χ1n) is 6.71. The van der Waals surface area contributed by atoms with Crippen molar-refractivity contribution in [2.24, 2.45) is 5.41 Å². The first-order valence-corrected chi connectivity index (χ1v) is 6.71. The average Bonchev–Trinajstić information content (AvgIpc) is 2.21. The molecule has 17 heavy (non-hydrogen) atoms. The third-order valence-electron chi connectivity index (χ3n) is 3.22. The summed E-state index contributed by atoms with van der Waals surface area (Å²) in [6.45, 7) is 11.4. The summed E-state index contributed by atoms with van der Waals surface area (Å²) in [7, 11) is 4.11. The SMILES string of the molecule is CNC(C)(CO)CCCCN(C)CC(C)(C)C. The van der Waals surface area contributed by atoms with E-state index in [9.17, 15) is 5.11 Å². The Kier molecular flexibility index (Phi) is 7.29. The molecule has 0 aliphatic heterocycles. The molecule has 3 heteroatoms. The summed E-state index contributed by atoms with van der Waals surface area (Å²) >= 11 is 0. The summed E-state index contributed by atoms with van der Waals surface area (Å²) in [4.78, 5) is 2.40. The number of hydrogen-bond donors (Lipinski definition) is 2. The molecule has 3 nitrogen and oxygen atoms in total. The van der Waals surface area contributed by atoms with Gasteiger partial charge >= 0.3 is 0 Å². The van der Waals surface area contributed by atoms with E-state index in [1.165, 1.54) is 6.42 Å². The van der Waals surface area contributed by atoms with Crippen LogP contribution in [0.4, 0.5) is 0 Å². The molecule has 0 amide bonds. The minimum absolute atomic E-state index is 0.109. The highest BCUT2D eigenvalue weighted by atomic mass is 16.3. The molecule has 2 N–H and O–H groups in total. The molecule has 0 aliphatic rings. The van der Waals surface area contributed by atoms with E-state index in [1.54, 1.807) is 0 Å². The molecule has 0 saturated carbocycles. The molecule has 0 aliphatic carbocycles. The minimum Gasteiger partial charge on any atom is -0.394 e. The van der Waals surface area contributed by atoms with Gasteiger partial charge < -0.3 is 15.3 Å². The molecule has 0 bridgehead atoms. The number of nitrogens with zero attached hydrogens (tertiary/aromatic N) is 1. The van der Waals surface area contributed by atoms with Crippen molar-refractivity contribution in [3.8, 4) is 0 Å². The van der Waals surface area contributed by atoms with Crippen molar-refractivity contribution >= 4 is 0 Å². The lowest BCUT2D eigenvalue weighted by Gasteiger charge is -2.28. The van der Waals surface area contributed by atoms with Crippen LogP contribution >= 0.6 is 0 Å². The zero-order valence-electron chi connectivity index (χ0n) is 12.6. The first-order chi connectivity index (χ1) is 7.72. The Labute approximate surface area is 108 Å². The van der Waals surface area contributed by atoms with Crippen molar-refractivity contribution in [1.82, 2.24) is 10.2 Å². The fourth-order valence-electron chi connectivity index (χ4n) is 2.07. The van der Waals surface area contributed by atoms with Gasteiger partial charge in [-0.3, -0.25) is 0 Å². The summed E-state index contributed by atoms with van der Waals surface area (Å²) < 4.78 is 0. The topological polar surface area (TPSA) is 35.5 Å². The van der Waals surface area contributed by atoms with E-state index in [1.807, 2.05) is 7.05 Å². The molecule has 1 unspecified atom stereocenters. The van der Waals surface area contributed by atoms with Crippen LogP contribution in [0.3, 0.4) is 0 Å². The number of unbranched alkanes of at least 4 members (excludes halogenated alkanes) is 1. The van der Waals surface area contributed by atoms with Crippen molar-refractivity contribution in [2.45, 2.75) is 52.5 Å². The van der Waals surface area contributed by atoms with Crippen LogP contribution in [0, 0.1) is 5.41 Å². The Morgan fingerprint density at radius 1 is 1.12 bits per heavy atom. The van der Waals surface area contributed by atoms with Gasteiger partial charge in [-0.1, -0.05) is 27.2 Å². The number of likely N-dealkylation sites (N-methyl/N-ethyl adjacent to an activating group) is 1. The van der Waals surface area contributed by atoms with Crippen molar-refractivity contribution < 1.29 is 5.11 Å². The van der Waals surface area contributed by atoms with Crippen LogP contribution in [-0.4, -0.2) is 49.3 Å². The lowest BCUT2D eigenvalue weighted by Crippen LogP contribution is -2.43. The third-order valence-corrected chi connectivity index (χ3v) is 3.22. The lowest BCUT2D eigenvalue weighted by atomic mass is 9.95. The second-order valence-electron chi connectivity index (χ2n) is 6.72. The molecule has 0 radical (unpaired) electrons. The first kappa shape index (κ1) is 16.9. The van der Waals surface area contributed by atoms with E-state index in [0.29, 0.717) is 5.41 Å². The highest BCUT2D eigenvalue weighted by molar-refractivity contribution is 4.80. The van der Waals surface area contributed by atoms with Crippen LogP contribution in [0.5, 0.6) is 0 Å². The van der Waals surface area contributed by atoms with Gasteiger partial charge in [0.05, 0.1) is 6.61 Å². The van der Waals surface area contributed by atoms with E-state index < -0.39 is 0 Å². The highest BCUT2D eigenvalue weighted by Gasteiger charge is 2.20. The quantitative estimate of drug-likeness (QED) is 0.642. The zero-order chi connectivity index (χ0) is 13.5. The fraction of sp³-hybridized carbons (Fsp3) is 1.00. The third kappa shape index (κ3) is 8.58. The average molecular weight is 244 g/mol.